The van der Waals surface area contributed by atoms with Gasteiger partial charge in [0.1, 0.15) is 5.75 Å². The topological polar surface area (TPSA) is 64.6 Å². The van der Waals surface area contributed by atoms with Gasteiger partial charge in [-0.15, -0.1) is 0 Å². The average molecular weight is 355 g/mol. The predicted molar refractivity (Wildman–Crippen MR) is 101 cm³/mol. The minimum Gasteiger partial charge on any atom is -0.482 e. The highest BCUT2D eigenvalue weighted by Crippen LogP contribution is 2.24. The number of hydrogen-bond acceptors (Lipinski definition) is 4. The lowest BCUT2D eigenvalue weighted by Crippen LogP contribution is -2.23. The van der Waals surface area contributed by atoms with E-state index >= 15 is 0 Å². The van der Waals surface area contributed by atoms with E-state index < -0.39 is 11.9 Å². The number of benzene rings is 2. The van der Waals surface area contributed by atoms with Crippen LogP contribution in [0.25, 0.3) is 0 Å². The number of esters is 1. The molecular formula is C21H25NO4. The first-order valence-electron chi connectivity index (χ1n) is 8.49. The Morgan fingerprint density at radius 3 is 2.31 bits per heavy atom. The number of amides is 1. The Bertz CT molecular complexity index is 760. The maximum absolute atomic E-state index is 11.8. The van der Waals surface area contributed by atoms with Crippen LogP contribution in [0.1, 0.15) is 31.9 Å². The Balaban J connectivity index is 1.74. The third-order valence-electron chi connectivity index (χ3n) is 3.74. The fraction of sp³-hybridized carbons (Fsp3) is 0.333. The van der Waals surface area contributed by atoms with Crippen molar-refractivity contribution in [1.82, 2.24) is 0 Å². The molecule has 2 aromatic carbocycles. The molecule has 138 valence electrons. The predicted octanol–water partition coefficient (Wildman–Crippen LogP) is 3.85. The summed E-state index contributed by atoms with van der Waals surface area (Å²) in [6.07, 6.45) is 0. The van der Waals surface area contributed by atoms with Gasteiger partial charge in [-0.05, 0) is 47.7 Å². The molecule has 0 aliphatic rings. The summed E-state index contributed by atoms with van der Waals surface area (Å²) in [5.41, 5.74) is 2.94. The molecule has 0 fully saturated rings. The van der Waals surface area contributed by atoms with Gasteiger partial charge in [0.05, 0.1) is 0 Å². The second-order valence-corrected chi connectivity index (χ2v) is 7.14. The zero-order valence-electron chi connectivity index (χ0n) is 15.7. The number of rotatable bonds is 6. The number of anilines is 1. The van der Waals surface area contributed by atoms with Gasteiger partial charge in [-0.25, -0.2) is 4.79 Å². The lowest BCUT2D eigenvalue weighted by atomic mass is 9.87. The van der Waals surface area contributed by atoms with E-state index in [4.69, 9.17) is 9.47 Å². The summed E-state index contributed by atoms with van der Waals surface area (Å²) in [6, 6.07) is 15.0. The van der Waals surface area contributed by atoms with E-state index in [1.54, 1.807) is 6.07 Å². The van der Waals surface area contributed by atoms with Crippen molar-refractivity contribution in [2.45, 2.75) is 33.1 Å². The summed E-state index contributed by atoms with van der Waals surface area (Å²) in [4.78, 5) is 23.5. The SMILES string of the molecule is Cc1cccc(NC(=O)COC(=O)COc2ccc(C(C)(C)C)cc2)c1. The lowest BCUT2D eigenvalue weighted by Gasteiger charge is -2.19. The Labute approximate surface area is 154 Å². The molecule has 0 atom stereocenters. The van der Waals surface area contributed by atoms with Gasteiger partial charge in [0, 0.05) is 5.69 Å². The molecule has 1 N–H and O–H groups in total. The van der Waals surface area contributed by atoms with Crippen molar-refractivity contribution in [2.24, 2.45) is 0 Å². The van der Waals surface area contributed by atoms with Crippen molar-refractivity contribution < 1.29 is 19.1 Å². The molecule has 0 spiro atoms. The highest BCUT2D eigenvalue weighted by Gasteiger charge is 2.13. The van der Waals surface area contributed by atoms with E-state index in [1.807, 2.05) is 49.4 Å². The van der Waals surface area contributed by atoms with E-state index in [2.05, 4.69) is 26.1 Å². The van der Waals surface area contributed by atoms with Crippen LogP contribution in [0.2, 0.25) is 0 Å². The van der Waals surface area contributed by atoms with Crippen molar-refractivity contribution in [3.63, 3.8) is 0 Å². The first-order chi connectivity index (χ1) is 12.2. The van der Waals surface area contributed by atoms with E-state index in [0.717, 1.165) is 5.56 Å². The van der Waals surface area contributed by atoms with E-state index in [9.17, 15) is 9.59 Å². The second-order valence-electron chi connectivity index (χ2n) is 7.14. The average Bonchev–Trinajstić information content (AvgIpc) is 2.58. The van der Waals surface area contributed by atoms with E-state index in [0.29, 0.717) is 11.4 Å². The molecule has 0 aromatic heterocycles. The first kappa shape index (κ1) is 19.5. The smallest absolute Gasteiger partial charge is 0.344 e. The van der Waals surface area contributed by atoms with Gasteiger partial charge >= 0.3 is 5.97 Å². The Morgan fingerprint density at radius 2 is 1.69 bits per heavy atom. The van der Waals surface area contributed by atoms with E-state index in [1.165, 1.54) is 5.56 Å². The molecule has 1 amide bonds. The quantitative estimate of drug-likeness (QED) is 0.799. The molecule has 0 heterocycles. The van der Waals surface area contributed by atoms with Crippen LogP contribution in [-0.4, -0.2) is 25.1 Å². The van der Waals surface area contributed by atoms with Crippen molar-refractivity contribution in [3.8, 4) is 5.75 Å². The van der Waals surface area contributed by atoms with Gasteiger partial charge in [0.15, 0.2) is 13.2 Å². The van der Waals surface area contributed by atoms with Gasteiger partial charge in [0.2, 0.25) is 0 Å². The zero-order valence-corrected chi connectivity index (χ0v) is 15.7. The molecule has 0 saturated heterocycles. The molecule has 0 bridgehead atoms. The fourth-order valence-electron chi connectivity index (χ4n) is 2.30. The van der Waals surface area contributed by atoms with Gasteiger partial charge in [-0.3, -0.25) is 4.79 Å². The second kappa shape index (κ2) is 8.52. The Hall–Kier alpha value is -2.82. The van der Waals surface area contributed by atoms with Gasteiger partial charge in [-0.1, -0.05) is 45.0 Å². The summed E-state index contributed by atoms with van der Waals surface area (Å²) in [5, 5.41) is 2.68. The minimum atomic E-state index is -0.593. The molecule has 0 aliphatic heterocycles. The molecule has 26 heavy (non-hydrogen) atoms. The van der Waals surface area contributed by atoms with Crippen LogP contribution < -0.4 is 10.1 Å². The zero-order chi connectivity index (χ0) is 19.2. The minimum absolute atomic E-state index is 0.0577. The monoisotopic (exact) mass is 355 g/mol. The molecule has 5 heteroatoms. The maximum atomic E-state index is 11.8. The number of carbonyl (C=O) groups is 2. The third-order valence-corrected chi connectivity index (χ3v) is 3.74. The summed E-state index contributed by atoms with van der Waals surface area (Å²) in [7, 11) is 0. The number of aryl methyl sites for hydroxylation is 1. The Morgan fingerprint density at radius 1 is 1.00 bits per heavy atom. The third kappa shape index (κ3) is 6.24. The molecule has 0 unspecified atom stereocenters. The highest BCUT2D eigenvalue weighted by molar-refractivity contribution is 5.92. The summed E-state index contributed by atoms with van der Waals surface area (Å²) < 4.78 is 10.3. The fourth-order valence-corrected chi connectivity index (χ4v) is 2.30. The van der Waals surface area contributed by atoms with Crippen LogP contribution in [0.15, 0.2) is 48.5 Å². The van der Waals surface area contributed by atoms with Crippen LogP contribution in [-0.2, 0) is 19.7 Å². The summed E-state index contributed by atoms with van der Waals surface area (Å²) in [5.74, 6) is -0.401. The van der Waals surface area contributed by atoms with Gasteiger partial charge in [0.25, 0.3) is 5.91 Å². The van der Waals surface area contributed by atoms with Crippen molar-refractivity contribution in [1.29, 1.82) is 0 Å². The van der Waals surface area contributed by atoms with Crippen molar-refractivity contribution in [2.75, 3.05) is 18.5 Å². The molecular weight excluding hydrogens is 330 g/mol. The number of ether oxygens (including phenoxy) is 2. The molecule has 2 rings (SSSR count). The van der Waals surface area contributed by atoms with Crippen LogP contribution in [0, 0.1) is 6.92 Å². The molecule has 0 saturated carbocycles. The van der Waals surface area contributed by atoms with Crippen LogP contribution >= 0.6 is 0 Å². The number of carbonyl (C=O) groups excluding carboxylic acids is 2. The normalized spacial score (nSPS) is 10.9. The molecule has 0 radical (unpaired) electrons. The van der Waals surface area contributed by atoms with Crippen LogP contribution in [0.4, 0.5) is 5.69 Å². The number of nitrogens with one attached hydrogen (secondary N) is 1. The van der Waals surface area contributed by atoms with Gasteiger partial charge in [-0.2, -0.15) is 0 Å². The molecule has 0 aliphatic carbocycles. The number of hydrogen-bond donors (Lipinski definition) is 1. The van der Waals surface area contributed by atoms with Crippen molar-refractivity contribution in [3.05, 3.63) is 59.7 Å². The summed E-state index contributed by atoms with van der Waals surface area (Å²) in [6.45, 7) is 7.72. The first-order valence-corrected chi connectivity index (χ1v) is 8.49. The highest BCUT2D eigenvalue weighted by atomic mass is 16.6. The maximum Gasteiger partial charge on any atom is 0.344 e. The van der Waals surface area contributed by atoms with E-state index in [-0.39, 0.29) is 18.6 Å². The molecule has 2 aromatic rings. The Kier molecular flexibility index (Phi) is 6.39. The standard InChI is InChI=1S/C21H25NO4/c1-15-6-5-7-17(12-15)22-19(23)13-26-20(24)14-25-18-10-8-16(9-11-18)21(2,3)4/h5-12H,13-14H2,1-4H3,(H,22,23). The largest absolute Gasteiger partial charge is 0.482 e. The van der Waals surface area contributed by atoms with Crippen LogP contribution in [0.3, 0.4) is 0 Å². The van der Waals surface area contributed by atoms with Crippen LogP contribution in [0.5, 0.6) is 5.75 Å². The van der Waals surface area contributed by atoms with Gasteiger partial charge < -0.3 is 14.8 Å². The van der Waals surface area contributed by atoms with Crippen molar-refractivity contribution >= 4 is 17.6 Å². The summed E-state index contributed by atoms with van der Waals surface area (Å²) >= 11 is 0. The lowest BCUT2D eigenvalue weighted by molar-refractivity contribution is -0.149. The molecule has 5 nitrogen and oxygen atoms in total.